The first kappa shape index (κ1) is 24.6. The molecule has 1 aliphatic heterocycles. The van der Waals surface area contributed by atoms with Crippen molar-refractivity contribution in [2.75, 3.05) is 0 Å². The highest BCUT2D eigenvalue weighted by atomic mass is 79.9. The van der Waals surface area contributed by atoms with Crippen LogP contribution in [-0.4, -0.2) is 16.8 Å². The normalized spacial score (nSPS) is 14.2. The Bertz CT molecular complexity index is 1350. The van der Waals surface area contributed by atoms with Gasteiger partial charge in [-0.2, -0.15) is 0 Å². The summed E-state index contributed by atoms with van der Waals surface area (Å²) in [6.45, 7) is 0.370. The predicted octanol–water partition coefficient (Wildman–Crippen LogP) is 7.46. The average Bonchev–Trinajstić information content (AvgIpc) is 3.14. The molecule has 0 aromatic heterocycles. The Morgan fingerprint density at radius 1 is 1.06 bits per heavy atom. The molecule has 3 aromatic carbocycles. The number of hydrogen-bond acceptors (Lipinski definition) is 6. The summed E-state index contributed by atoms with van der Waals surface area (Å²) in [7, 11) is 0. The number of nitrogens with zero attached hydrogens (tertiary/aromatic N) is 2. The highest BCUT2D eigenvalue weighted by Gasteiger charge is 2.27. The molecule has 0 aliphatic carbocycles. The fourth-order valence-corrected chi connectivity index (χ4v) is 4.92. The summed E-state index contributed by atoms with van der Waals surface area (Å²) in [4.78, 5) is 27.1. The lowest BCUT2D eigenvalue weighted by Crippen LogP contribution is -2.06. The molecule has 172 valence electrons. The lowest BCUT2D eigenvalue weighted by Gasteiger charge is -2.11. The molecule has 0 unspecified atom stereocenters. The average molecular weight is 672 g/mol. The SMILES string of the molecule is O=C1OC(c2cc([N+](=O)[O-])ccc2Cl)=N/C1=C\c1cc(Br)c(OCc2ccc(Br)cc2)c(Br)c1. The van der Waals surface area contributed by atoms with Crippen molar-refractivity contribution in [1.29, 1.82) is 0 Å². The minimum Gasteiger partial charge on any atom is -0.487 e. The summed E-state index contributed by atoms with van der Waals surface area (Å²) in [5.74, 6) is -0.190. The smallest absolute Gasteiger partial charge is 0.363 e. The number of carbonyl (C=O) groups is 1. The molecule has 0 atom stereocenters. The molecule has 0 fully saturated rings. The Balaban J connectivity index is 1.58. The number of non-ortho nitro benzene ring substituents is 1. The zero-order valence-corrected chi connectivity index (χ0v) is 22.4. The molecule has 0 spiro atoms. The van der Waals surface area contributed by atoms with E-state index in [2.05, 4.69) is 52.8 Å². The van der Waals surface area contributed by atoms with Crippen LogP contribution >= 0.6 is 59.4 Å². The number of hydrogen-bond donors (Lipinski definition) is 0. The molecule has 0 bridgehead atoms. The second-order valence-corrected chi connectivity index (χ2v) is 10.0. The zero-order chi connectivity index (χ0) is 24.4. The van der Waals surface area contributed by atoms with E-state index in [9.17, 15) is 14.9 Å². The van der Waals surface area contributed by atoms with E-state index in [0.29, 0.717) is 26.9 Å². The van der Waals surface area contributed by atoms with Gasteiger partial charge in [-0.25, -0.2) is 9.79 Å². The maximum Gasteiger partial charge on any atom is 0.363 e. The molecule has 0 radical (unpaired) electrons. The van der Waals surface area contributed by atoms with Crippen LogP contribution < -0.4 is 4.74 Å². The van der Waals surface area contributed by atoms with Crippen molar-refractivity contribution >= 4 is 83.0 Å². The lowest BCUT2D eigenvalue weighted by molar-refractivity contribution is -0.384. The summed E-state index contributed by atoms with van der Waals surface area (Å²) in [5, 5.41) is 11.2. The van der Waals surface area contributed by atoms with Gasteiger partial charge in [-0.3, -0.25) is 10.1 Å². The van der Waals surface area contributed by atoms with Crippen LogP contribution in [0.2, 0.25) is 5.02 Å². The summed E-state index contributed by atoms with van der Waals surface area (Å²) in [6.07, 6.45) is 1.54. The molecule has 4 rings (SSSR count). The summed E-state index contributed by atoms with van der Waals surface area (Å²) in [5.41, 5.74) is 1.65. The first-order chi connectivity index (χ1) is 16.2. The molecule has 7 nitrogen and oxygen atoms in total. The maximum absolute atomic E-state index is 12.4. The fourth-order valence-electron chi connectivity index (χ4n) is 3.01. The van der Waals surface area contributed by atoms with Gasteiger partial charge in [0.25, 0.3) is 5.69 Å². The van der Waals surface area contributed by atoms with Gasteiger partial charge in [0, 0.05) is 16.6 Å². The highest BCUT2D eigenvalue weighted by Crippen LogP contribution is 2.36. The van der Waals surface area contributed by atoms with Crippen LogP contribution in [0.1, 0.15) is 16.7 Å². The number of nitro benzene ring substituents is 1. The minimum absolute atomic E-state index is 0.0277. The van der Waals surface area contributed by atoms with E-state index in [1.165, 1.54) is 24.3 Å². The Kier molecular flexibility index (Phi) is 7.51. The number of cyclic esters (lactones) is 1. The van der Waals surface area contributed by atoms with Gasteiger partial charge in [0.2, 0.25) is 5.90 Å². The number of benzene rings is 3. The Hall–Kier alpha value is -2.53. The van der Waals surface area contributed by atoms with E-state index in [1.807, 2.05) is 24.3 Å². The highest BCUT2D eigenvalue weighted by molar-refractivity contribution is 9.11. The maximum atomic E-state index is 12.4. The molecule has 0 amide bonds. The molecule has 0 N–H and O–H groups in total. The van der Waals surface area contributed by atoms with Gasteiger partial charge in [0.05, 0.1) is 24.5 Å². The van der Waals surface area contributed by atoms with Crippen LogP contribution in [0.5, 0.6) is 5.75 Å². The third-order valence-corrected chi connectivity index (χ3v) is 6.67. The van der Waals surface area contributed by atoms with Crippen LogP contribution in [0.15, 0.2) is 78.7 Å². The van der Waals surface area contributed by atoms with Gasteiger partial charge in [0.15, 0.2) is 5.70 Å². The van der Waals surface area contributed by atoms with E-state index < -0.39 is 10.9 Å². The van der Waals surface area contributed by atoms with Crippen molar-refractivity contribution in [3.05, 3.63) is 106 Å². The molecule has 1 heterocycles. The van der Waals surface area contributed by atoms with Gasteiger partial charge in [-0.15, -0.1) is 0 Å². The van der Waals surface area contributed by atoms with Crippen LogP contribution in [0, 0.1) is 10.1 Å². The number of ether oxygens (including phenoxy) is 2. The van der Waals surface area contributed by atoms with Gasteiger partial charge < -0.3 is 9.47 Å². The summed E-state index contributed by atoms with van der Waals surface area (Å²) in [6, 6.07) is 15.2. The lowest BCUT2D eigenvalue weighted by atomic mass is 10.2. The van der Waals surface area contributed by atoms with Crippen molar-refractivity contribution in [2.24, 2.45) is 4.99 Å². The number of carbonyl (C=O) groups excluding carboxylic acids is 1. The van der Waals surface area contributed by atoms with E-state index >= 15 is 0 Å². The monoisotopic (exact) mass is 668 g/mol. The minimum atomic E-state index is -0.694. The van der Waals surface area contributed by atoms with Crippen LogP contribution in [0.3, 0.4) is 0 Å². The van der Waals surface area contributed by atoms with Gasteiger partial charge in [-0.05, 0) is 79.4 Å². The largest absolute Gasteiger partial charge is 0.487 e. The molecule has 0 saturated carbocycles. The van der Waals surface area contributed by atoms with E-state index in [0.717, 1.165) is 10.0 Å². The van der Waals surface area contributed by atoms with E-state index in [4.69, 9.17) is 21.1 Å². The Morgan fingerprint density at radius 3 is 2.38 bits per heavy atom. The van der Waals surface area contributed by atoms with Crippen molar-refractivity contribution in [3.63, 3.8) is 0 Å². The molecule has 34 heavy (non-hydrogen) atoms. The van der Waals surface area contributed by atoms with E-state index in [-0.39, 0.29) is 27.9 Å². The predicted molar refractivity (Wildman–Crippen MR) is 139 cm³/mol. The topological polar surface area (TPSA) is 91.0 Å². The molecule has 1 aliphatic rings. The van der Waals surface area contributed by atoms with Crippen molar-refractivity contribution in [3.8, 4) is 5.75 Å². The van der Waals surface area contributed by atoms with Gasteiger partial charge in [0.1, 0.15) is 12.4 Å². The zero-order valence-electron chi connectivity index (χ0n) is 16.9. The standard InChI is InChI=1S/C23H12Br3ClN2O5/c24-14-3-1-12(2-4-14)11-33-21-17(25)7-13(8-18(21)26)9-20-23(30)34-22(28-20)16-10-15(29(31)32)5-6-19(16)27/h1-10H,11H2/b20-9-. The number of halogens is 4. The van der Waals surface area contributed by atoms with Crippen molar-refractivity contribution in [1.82, 2.24) is 0 Å². The van der Waals surface area contributed by atoms with Crippen molar-refractivity contribution in [2.45, 2.75) is 6.61 Å². The van der Waals surface area contributed by atoms with Crippen LogP contribution in [-0.2, 0) is 16.1 Å². The van der Waals surface area contributed by atoms with Gasteiger partial charge >= 0.3 is 5.97 Å². The number of nitro groups is 1. The molecule has 0 saturated heterocycles. The molecular formula is C23H12Br3ClN2O5. The molecule has 3 aromatic rings. The second kappa shape index (κ2) is 10.4. The second-order valence-electron chi connectivity index (χ2n) is 6.99. The van der Waals surface area contributed by atoms with Gasteiger partial charge in [-0.1, -0.05) is 39.7 Å². The quantitative estimate of drug-likeness (QED) is 0.118. The summed E-state index contributed by atoms with van der Waals surface area (Å²) >= 11 is 16.5. The first-order valence-electron chi connectivity index (χ1n) is 9.54. The fraction of sp³-hybridized carbons (Fsp3) is 0.0435. The van der Waals surface area contributed by atoms with E-state index in [1.54, 1.807) is 12.1 Å². The third-order valence-electron chi connectivity index (χ3n) is 4.63. The first-order valence-corrected chi connectivity index (χ1v) is 12.3. The number of esters is 1. The van der Waals surface area contributed by atoms with Crippen molar-refractivity contribution < 1.29 is 19.2 Å². The molecule has 11 heteroatoms. The summed E-state index contributed by atoms with van der Waals surface area (Å²) < 4.78 is 13.5. The van der Waals surface area contributed by atoms with Crippen LogP contribution in [0.25, 0.3) is 6.08 Å². The Morgan fingerprint density at radius 2 is 1.74 bits per heavy atom. The number of rotatable bonds is 6. The number of aliphatic imine (C=N–C) groups is 1. The third kappa shape index (κ3) is 5.57. The Labute approximate surface area is 224 Å². The molecular weight excluding hydrogens is 659 g/mol. The van der Waals surface area contributed by atoms with Crippen LogP contribution in [0.4, 0.5) is 5.69 Å².